The fraction of sp³-hybridized carbons (Fsp3) is 0.946. The van der Waals surface area contributed by atoms with Gasteiger partial charge in [-0.25, -0.2) is 4.57 Å². The number of aliphatic carboxylic acids is 1. The minimum atomic E-state index is -4.60. The van der Waals surface area contributed by atoms with Gasteiger partial charge in [0.1, 0.15) is 12.1 Å². The highest BCUT2D eigenvalue weighted by Crippen LogP contribution is 2.43. The summed E-state index contributed by atoms with van der Waals surface area (Å²) in [7, 11) is -4.60. The summed E-state index contributed by atoms with van der Waals surface area (Å²) in [5.74, 6) is -1.77. The maximum atomic E-state index is 12.5. The smallest absolute Gasteiger partial charge is 0.472 e. The van der Waals surface area contributed by atoms with Crippen molar-refractivity contribution in [3.05, 3.63) is 0 Å². The van der Waals surface area contributed by atoms with Crippen molar-refractivity contribution in [2.45, 2.75) is 199 Å². The lowest BCUT2D eigenvalue weighted by Crippen LogP contribution is -2.34. The average molecular weight is 708 g/mol. The number of phosphoric ester groups is 1. The first-order chi connectivity index (χ1) is 23.2. The number of phosphoric acid groups is 1. The minimum Gasteiger partial charge on any atom is -0.480 e. The molecule has 3 atom stereocenters. The van der Waals surface area contributed by atoms with Gasteiger partial charge in [0.15, 0.2) is 0 Å². The van der Waals surface area contributed by atoms with Crippen LogP contribution < -0.4 is 5.73 Å². The monoisotopic (exact) mass is 708 g/mol. The van der Waals surface area contributed by atoms with E-state index in [2.05, 4.69) is 13.8 Å². The molecule has 0 aromatic rings. The van der Waals surface area contributed by atoms with Crippen LogP contribution in [0, 0.1) is 0 Å². The van der Waals surface area contributed by atoms with E-state index in [9.17, 15) is 19.0 Å². The van der Waals surface area contributed by atoms with Crippen LogP contribution in [-0.4, -0.2) is 60.5 Å². The molecule has 0 heterocycles. The summed E-state index contributed by atoms with van der Waals surface area (Å²) < 4.78 is 33.2. The van der Waals surface area contributed by atoms with Crippen LogP contribution in [0.4, 0.5) is 0 Å². The van der Waals surface area contributed by atoms with E-state index in [1.807, 2.05) is 0 Å². The molecular formula is C37H74NO9P. The third-order valence-corrected chi connectivity index (χ3v) is 9.59. The molecule has 0 saturated carbocycles. The lowest BCUT2D eigenvalue weighted by Gasteiger charge is -2.20. The number of carboxylic acids is 1. The van der Waals surface area contributed by atoms with E-state index in [4.69, 9.17) is 29.4 Å². The summed E-state index contributed by atoms with van der Waals surface area (Å²) in [5.41, 5.74) is 5.33. The molecule has 48 heavy (non-hydrogen) atoms. The van der Waals surface area contributed by atoms with Gasteiger partial charge in [-0.05, 0) is 12.8 Å². The average Bonchev–Trinajstić information content (AvgIpc) is 3.06. The predicted octanol–water partition coefficient (Wildman–Crippen LogP) is 10.0. The van der Waals surface area contributed by atoms with Gasteiger partial charge in [0.2, 0.25) is 0 Å². The van der Waals surface area contributed by atoms with Gasteiger partial charge in [-0.1, -0.05) is 168 Å². The first kappa shape index (κ1) is 47.0. The molecule has 0 aromatic carbocycles. The lowest BCUT2D eigenvalue weighted by molar-refractivity contribution is -0.154. The maximum absolute atomic E-state index is 12.5. The summed E-state index contributed by atoms with van der Waals surface area (Å²) in [4.78, 5) is 33.3. The van der Waals surface area contributed by atoms with Crippen molar-refractivity contribution in [3.63, 3.8) is 0 Å². The van der Waals surface area contributed by atoms with Gasteiger partial charge in [0.05, 0.1) is 19.8 Å². The number of carbonyl (C=O) groups excluding carboxylic acids is 1. The topological polar surface area (TPSA) is 155 Å². The third-order valence-electron chi connectivity index (χ3n) is 8.64. The van der Waals surface area contributed by atoms with Gasteiger partial charge in [0, 0.05) is 13.0 Å². The third kappa shape index (κ3) is 33.5. The van der Waals surface area contributed by atoms with Crippen LogP contribution >= 0.6 is 7.82 Å². The summed E-state index contributed by atoms with van der Waals surface area (Å²) in [6.45, 7) is 3.89. The summed E-state index contributed by atoms with van der Waals surface area (Å²) in [5, 5.41) is 8.86. The Balaban J connectivity index is 4.21. The number of rotatable bonds is 38. The zero-order valence-corrected chi connectivity index (χ0v) is 31.7. The van der Waals surface area contributed by atoms with E-state index in [0.717, 1.165) is 38.5 Å². The van der Waals surface area contributed by atoms with Crippen LogP contribution in [-0.2, 0) is 32.7 Å². The molecule has 0 saturated heterocycles. The zero-order chi connectivity index (χ0) is 35.6. The number of carboxylic acid groups (broad SMARTS) is 1. The molecule has 0 aliphatic carbocycles. The van der Waals surface area contributed by atoms with Gasteiger partial charge in [-0.2, -0.15) is 0 Å². The fourth-order valence-electron chi connectivity index (χ4n) is 5.55. The highest BCUT2D eigenvalue weighted by molar-refractivity contribution is 7.47. The zero-order valence-electron chi connectivity index (χ0n) is 30.9. The second-order valence-electron chi connectivity index (χ2n) is 13.4. The van der Waals surface area contributed by atoms with E-state index in [0.29, 0.717) is 6.61 Å². The van der Waals surface area contributed by atoms with Crippen molar-refractivity contribution in [1.29, 1.82) is 0 Å². The van der Waals surface area contributed by atoms with E-state index >= 15 is 0 Å². The van der Waals surface area contributed by atoms with Crippen molar-refractivity contribution < 1.29 is 42.7 Å². The quantitative estimate of drug-likeness (QED) is 0.0321. The van der Waals surface area contributed by atoms with E-state index < -0.39 is 45.1 Å². The van der Waals surface area contributed by atoms with Crippen LogP contribution in [0.3, 0.4) is 0 Å². The first-order valence-electron chi connectivity index (χ1n) is 19.6. The lowest BCUT2D eigenvalue weighted by atomic mass is 10.0. The first-order valence-corrected chi connectivity index (χ1v) is 21.1. The molecule has 0 bridgehead atoms. The Labute approximate surface area is 293 Å². The van der Waals surface area contributed by atoms with Crippen molar-refractivity contribution in [3.8, 4) is 0 Å². The largest absolute Gasteiger partial charge is 0.480 e. The molecule has 0 fully saturated rings. The molecule has 0 aliphatic rings. The molecule has 0 aliphatic heterocycles. The van der Waals surface area contributed by atoms with Gasteiger partial charge < -0.3 is 25.2 Å². The number of hydrogen-bond acceptors (Lipinski definition) is 8. The highest BCUT2D eigenvalue weighted by Gasteiger charge is 2.27. The van der Waals surface area contributed by atoms with Gasteiger partial charge in [-0.15, -0.1) is 0 Å². The maximum Gasteiger partial charge on any atom is 0.472 e. The van der Waals surface area contributed by atoms with E-state index in [-0.39, 0.29) is 13.0 Å². The van der Waals surface area contributed by atoms with E-state index in [1.165, 1.54) is 128 Å². The molecule has 0 radical (unpaired) electrons. The number of ether oxygens (including phenoxy) is 2. The molecule has 1 unspecified atom stereocenters. The highest BCUT2D eigenvalue weighted by atomic mass is 31.2. The number of carbonyl (C=O) groups is 2. The van der Waals surface area contributed by atoms with Gasteiger partial charge in [-0.3, -0.25) is 18.6 Å². The van der Waals surface area contributed by atoms with Crippen LogP contribution in [0.15, 0.2) is 0 Å². The van der Waals surface area contributed by atoms with E-state index in [1.54, 1.807) is 0 Å². The molecule has 0 amide bonds. The molecule has 0 aromatic heterocycles. The molecule has 11 heteroatoms. The molecule has 0 rings (SSSR count). The normalized spacial score (nSPS) is 14.1. The Morgan fingerprint density at radius 1 is 0.583 bits per heavy atom. The van der Waals surface area contributed by atoms with Crippen molar-refractivity contribution in [1.82, 2.24) is 0 Å². The Morgan fingerprint density at radius 3 is 1.38 bits per heavy atom. The molecule has 10 nitrogen and oxygen atoms in total. The van der Waals surface area contributed by atoms with Crippen molar-refractivity contribution in [2.24, 2.45) is 5.73 Å². The molecule has 286 valence electrons. The van der Waals surface area contributed by atoms with Crippen molar-refractivity contribution >= 4 is 19.8 Å². The molecule has 4 N–H and O–H groups in total. The number of hydrogen-bond donors (Lipinski definition) is 3. The Hall–Kier alpha value is -1.03. The van der Waals surface area contributed by atoms with Crippen molar-refractivity contribution in [2.75, 3.05) is 26.4 Å². The minimum absolute atomic E-state index is 0.0250. The summed E-state index contributed by atoms with van der Waals surface area (Å²) >= 11 is 0. The van der Waals surface area contributed by atoms with Crippen LogP contribution in [0.5, 0.6) is 0 Å². The van der Waals surface area contributed by atoms with Gasteiger partial charge >= 0.3 is 19.8 Å². The molecular weight excluding hydrogens is 633 g/mol. The van der Waals surface area contributed by atoms with Crippen LogP contribution in [0.2, 0.25) is 0 Å². The second kappa shape index (κ2) is 34.4. The number of esters is 1. The Morgan fingerprint density at radius 2 is 0.958 bits per heavy atom. The Kier molecular flexibility index (Phi) is 33.7. The van der Waals surface area contributed by atoms with Crippen LogP contribution in [0.25, 0.3) is 0 Å². The standard InChI is InChI=1S/C37H74NO9P/c1-3-5-7-9-11-13-15-16-17-18-19-20-22-24-26-28-30-44-31-34(32-45-48(42,43)46-33-35(38)37(40)41)47-36(39)29-27-25-23-21-14-12-10-8-6-4-2/h34-35H,3-33,38H2,1-2H3,(H,40,41)(H,42,43)/t34-,35+/m1/s1. The number of nitrogens with two attached hydrogens (primary N) is 1. The Bertz CT molecular complexity index is 786. The summed E-state index contributed by atoms with van der Waals surface area (Å²) in [6.07, 6.45) is 31.6. The second-order valence-corrected chi connectivity index (χ2v) is 14.9. The van der Waals surface area contributed by atoms with Gasteiger partial charge in [0.25, 0.3) is 0 Å². The summed E-state index contributed by atoms with van der Waals surface area (Å²) in [6, 6.07) is -1.47. The fourth-order valence-corrected chi connectivity index (χ4v) is 6.32. The van der Waals surface area contributed by atoms with Crippen LogP contribution in [0.1, 0.15) is 187 Å². The molecule has 0 spiro atoms. The predicted molar refractivity (Wildman–Crippen MR) is 194 cm³/mol. The SMILES string of the molecule is CCCCCCCCCCCCCCCCCCOC[C@H](COP(=O)(O)OC[C@H](N)C(=O)O)OC(=O)CCCCCCCCCCCC. The number of unbranched alkanes of at least 4 members (excludes halogenated alkanes) is 24.